The Morgan fingerprint density at radius 3 is 2.58 bits per heavy atom. The molecule has 3 aromatic carbocycles. The minimum atomic E-state index is -3.96. The van der Waals surface area contributed by atoms with Crippen molar-refractivity contribution < 1.29 is 32.4 Å². The Hall–Kier alpha value is -4.45. The summed E-state index contributed by atoms with van der Waals surface area (Å²) in [5.41, 5.74) is 1.89. The second-order valence-corrected chi connectivity index (χ2v) is 10.5. The first-order valence-corrected chi connectivity index (χ1v) is 13.0. The van der Waals surface area contributed by atoms with Gasteiger partial charge in [0.2, 0.25) is 0 Å². The number of nitrogens with one attached hydrogen (secondary N) is 1. The number of fused-ring (bicyclic) bond motifs is 1. The Morgan fingerprint density at radius 2 is 1.87 bits per heavy atom. The van der Waals surface area contributed by atoms with Crippen LogP contribution in [0.15, 0.2) is 65.6 Å². The number of esters is 1. The number of rotatable bonds is 8. The van der Waals surface area contributed by atoms with Gasteiger partial charge in [0, 0.05) is 23.9 Å². The zero-order valence-corrected chi connectivity index (χ0v) is 21.7. The third-order valence-corrected chi connectivity index (χ3v) is 8.03. The van der Waals surface area contributed by atoms with Gasteiger partial charge in [-0.1, -0.05) is 24.3 Å². The lowest BCUT2D eigenvalue weighted by Gasteiger charge is -2.24. The van der Waals surface area contributed by atoms with Crippen molar-refractivity contribution in [2.45, 2.75) is 31.2 Å². The van der Waals surface area contributed by atoms with Crippen molar-refractivity contribution in [3.63, 3.8) is 0 Å². The molecule has 4 rings (SSSR count). The maximum Gasteiger partial charge on any atom is 0.338 e. The van der Waals surface area contributed by atoms with E-state index in [2.05, 4.69) is 5.32 Å². The fraction of sp³-hybridized carbons (Fsp3) is 0.231. The highest BCUT2D eigenvalue weighted by Crippen LogP contribution is 2.36. The minimum absolute atomic E-state index is 0.0350. The van der Waals surface area contributed by atoms with E-state index in [1.165, 1.54) is 47.8 Å². The van der Waals surface area contributed by atoms with Gasteiger partial charge in [0.15, 0.2) is 12.4 Å². The molecular formula is C26H25N3O8S. The van der Waals surface area contributed by atoms with E-state index in [1.54, 1.807) is 19.1 Å². The molecule has 1 aliphatic rings. The summed E-state index contributed by atoms with van der Waals surface area (Å²) in [5.74, 6) is -1.62. The van der Waals surface area contributed by atoms with E-state index in [9.17, 15) is 28.1 Å². The number of nitro benzene ring substituents is 1. The molecule has 38 heavy (non-hydrogen) atoms. The normalized spacial score (nSPS) is 14.5. The predicted molar refractivity (Wildman–Crippen MR) is 139 cm³/mol. The van der Waals surface area contributed by atoms with Crippen LogP contribution in [0.5, 0.6) is 5.75 Å². The average molecular weight is 540 g/mol. The summed E-state index contributed by atoms with van der Waals surface area (Å²) in [7, 11) is -2.70. The molecule has 1 amide bonds. The largest absolute Gasteiger partial charge is 0.490 e. The van der Waals surface area contributed by atoms with Gasteiger partial charge in [-0.25, -0.2) is 13.2 Å². The summed E-state index contributed by atoms with van der Waals surface area (Å²) >= 11 is 0. The lowest BCUT2D eigenvalue weighted by atomic mass is 10.1. The smallest absolute Gasteiger partial charge is 0.338 e. The third-order valence-electron chi connectivity index (χ3n) is 6.10. The number of nitrogens with zero attached hydrogens (tertiary/aromatic N) is 2. The van der Waals surface area contributed by atoms with E-state index in [-0.39, 0.29) is 33.6 Å². The molecule has 0 bridgehead atoms. The van der Waals surface area contributed by atoms with Crippen molar-refractivity contribution in [3.8, 4) is 5.75 Å². The van der Waals surface area contributed by atoms with Crippen molar-refractivity contribution in [2.75, 3.05) is 23.3 Å². The van der Waals surface area contributed by atoms with Crippen LogP contribution in [-0.4, -0.2) is 45.0 Å². The van der Waals surface area contributed by atoms with Gasteiger partial charge in [-0.05, 0) is 55.7 Å². The molecule has 11 nitrogen and oxygen atoms in total. The van der Waals surface area contributed by atoms with Crippen LogP contribution >= 0.6 is 0 Å². The molecule has 1 unspecified atom stereocenters. The summed E-state index contributed by atoms with van der Waals surface area (Å²) in [6, 6.07) is 15.0. The van der Waals surface area contributed by atoms with Gasteiger partial charge >= 0.3 is 11.7 Å². The summed E-state index contributed by atoms with van der Waals surface area (Å²) in [5, 5.41) is 13.7. The Balaban J connectivity index is 1.46. The summed E-state index contributed by atoms with van der Waals surface area (Å²) in [6.07, 6.45) is 0.576. The number of nitro groups is 1. The first-order valence-electron chi connectivity index (χ1n) is 11.6. The fourth-order valence-corrected chi connectivity index (χ4v) is 6.05. The van der Waals surface area contributed by atoms with Crippen LogP contribution in [0.4, 0.5) is 17.1 Å². The van der Waals surface area contributed by atoms with E-state index in [0.29, 0.717) is 17.7 Å². The SMILES string of the molecule is COc1cc(NC(=O)COC(=O)c2cccc(S(=O)(=O)N3c4ccccc4CC3C)c2)c(C)cc1[N+](=O)[O-]. The summed E-state index contributed by atoms with van der Waals surface area (Å²) in [6.45, 7) is 2.72. The predicted octanol–water partition coefficient (Wildman–Crippen LogP) is 3.85. The standard InChI is InChI=1S/C26H25N3O8S/c1-16-11-23(29(32)33)24(36-3)14-21(16)27-25(30)15-37-26(31)19-8-6-9-20(13-19)38(34,35)28-17(2)12-18-7-4-5-10-22(18)28/h4-11,13-14,17H,12,15H2,1-3H3,(H,27,30). The molecule has 12 heteroatoms. The molecule has 3 aromatic rings. The van der Waals surface area contributed by atoms with Crippen LogP contribution in [0.2, 0.25) is 0 Å². The minimum Gasteiger partial charge on any atom is -0.490 e. The molecule has 0 spiro atoms. The number of hydrogen-bond donors (Lipinski definition) is 1. The number of sulfonamides is 1. The molecule has 1 aliphatic heterocycles. The van der Waals surface area contributed by atoms with Crippen LogP contribution in [0.25, 0.3) is 0 Å². The van der Waals surface area contributed by atoms with Crippen LogP contribution in [-0.2, 0) is 26.0 Å². The van der Waals surface area contributed by atoms with Crippen LogP contribution in [0.1, 0.15) is 28.4 Å². The summed E-state index contributed by atoms with van der Waals surface area (Å²) in [4.78, 5) is 35.5. The van der Waals surface area contributed by atoms with Gasteiger partial charge in [-0.2, -0.15) is 0 Å². The number of carbonyl (C=O) groups excluding carboxylic acids is 2. The first kappa shape index (κ1) is 26.6. The monoisotopic (exact) mass is 539 g/mol. The number of aryl methyl sites for hydroxylation is 1. The van der Waals surface area contributed by atoms with Gasteiger partial charge in [-0.15, -0.1) is 0 Å². The molecule has 1 heterocycles. The fourth-order valence-electron chi connectivity index (χ4n) is 4.31. The molecule has 0 fully saturated rings. The Bertz CT molecular complexity index is 1540. The highest BCUT2D eigenvalue weighted by atomic mass is 32.2. The van der Waals surface area contributed by atoms with Crippen LogP contribution in [0, 0.1) is 17.0 Å². The molecular weight excluding hydrogens is 514 g/mol. The summed E-state index contributed by atoms with van der Waals surface area (Å²) < 4.78 is 38.4. The maximum atomic E-state index is 13.5. The first-order chi connectivity index (χ1) is 18.0. The lowest BCUT2D eigenvalue weighted by Crippen LogP contribution is -2.35. The highest BCUT2D eigenvalue weighted by Gasteiger charge is 2.36. The number of methoxy groups -OCH3 is 1. The Labute approximate surface area is 219 Å². The van der Waals surface area contributed by atoms with Gasteiger partial charge in [0.1, 0.15) is 0 Å². The van der Waals surface area contributed by atoms with Gasteiger partial charge in [0.25, 0.3) is 15.9 Å². The zero-order valence-electron chi connectivity index (χ0n) is 20.8. The number of carbonyl (C=O) groups is 2. The van der Waals surface area contributed by atoms with E-state index < -0.39 is 33.4 Å². The quantitative estimate of drug-likeness (QED) is 0.258. The molecule has 198 valence electrons. The van der Waals surface area contributed by atoms with Crippen LogP contribution in [0.3, 0.4) is 0 Å². The van der Waals surface area contributed by atoms with Gasteiger partial charge in [-0.3, -0.25) is 19.2 Å². The number of anilines is 2. The molecule has 0 radical (unpaired) electrons. The molecule has 1 N–H and O–H groups in total. The number of para-hydroxylation sites is 1. The van der Waals surface area contributed by atoms with E-state index >= 15 is 0 Å². The maximum absolute atomic E-state index is 13.5. The average Bonchev–Trinajstić information content (AvgIpc) is 3.24. The number of benzene rings is 3. The van der Waals surface area contributed by atoms with Crippen LogP contribution < -0.4 is 14.4 Å². The number of hydrogen-bond acceptors (Lipinski definition) is 8. The van der Waals surface area contributed by atoms with E-state index in [4.69, 9.17) is 9.47 Å². The van der Waals surface area contributed by atoms with Crippen molar-refractivity contribution in [1.82, 2.24) is 0 Å². The molecule has 0 aromatic heterocycles. The molecule has 0 saturated heterocycles. The second kappa shape index (κ2) is 10.5. The molecule has 1 atom stereocenters. The van der Waals surface area contributed by atoms with E-state index in [0.717, 1.165) is 5.56 Å². The highest BCUT2D eigenvalue weighted by molar-refractivity contribution is 7.92. The van der Waals surface area contributed by atoms with Crippen molar-refractivity contribution in [1.29, 1.82) is 0 Å². The second-order valence-electron chi connectivity index (χ2n) is 8.73. The van der Waals surface area contributed by atoms with Crippen molar-refractivity contribution in [3.05, 3.63) is 87.5 Å². The van der Waals surface area contributed by atoms with Gasteiger partial charge < -0.3 is 14.8 Å². The van der Waals surface area contributed by atoms with Crippen molar-refractivity contribution in [2.24, 2.45) is 0 Å². The lowest BCUT2D eigenvalue weighted by molar-refractivity contribution is -0.385. The Kier molecular flexibility index (Phi) is 7.35. The number of amides is 1. The molecule has 0 aliphatic carbocycles. The van der Waals surface area contributed by atoms with Gasteiger partial charge in [0.05, 0.1) is 28.2 Å². The van der Waals surface area contributed by atoms with Crippen molar-refractivity contribution >= 4 is 39.0 Å². The Morgan fingerprint density at radius 1 is 1.13 bits per heavy atom. The number of ether oxygens (including phenoxy) is 2. The zero-order chi connectivity index (χ0) is 27.6. The molecule has 0 saturated carbocycles. The third kappa shape index (κ3) is 5.16. The van der Waals surface area contributed by atoms with E-state index in [1.807, 2.05) is 19.1 Å². The topological polar surface area (TPSA) is 145 Å².